The van der Waals surface area contributed by atoms with Gasteiger partial charge in [0.15, 0.2) is 0 Å². The molecule has 0 aliphatic rings. The van der Waals surface area contributed by atoms with Gasteiger partial charge in [-0.3, -0.25) is 0 Å². The van der Waals surface area contributed by atoms with Gasteiger partial charge in [-0.15, -0.1) is 0 Å². The molecule has 0 aliphatic heterocycles. The van der Waals surface area contributed by atoms with Crippen LogP contribution in [0.1, 0.15) is 36.6 Å². The number of aryl methyl sites for hydroxylation is 1. The molecule has 0 fully saturated rings. The molecule has 0 unspecified atom stereocenters. The predicted octanol–water partition coefficient (Wildman–Crippen LogP) is 4.33. The van der Waals surface area contributed by atoms with Gasteiger partial charge in [0.25, 0.3) is 0 Å². The summed E-state index contributed by atoms with van der Waals surface area (Å²) < 4.78 is 5.74. The van der Waals surface area contributed by atoms with E-state index in [0.29, 0.717) is 29.1 Å². The molecule has 0 spiro atoms. The number of halogens is 1. The van der Waals surface area contributed by atoms with Crippen LogP contribution < -0.4 is 10.5 Å². The molecule has 2 rings (SSSR count). The van der Waals surface area contributed by atoms with Crippen molar-refractivity contribution in [3.63, 3.8) is 0 Å². The number of ether oxygens (including phenoxy) is 1. The third-order valence-electron chi connectivity index (χ3n) is 3.18. The first-order valence-electron chi connectivity index (χ1n) is 6.61. The van der Waals surface area contributed by atoms with Crippen molar-refractivity contribution in [2.24, 2.45) is 0 Å². The molecule has 0 saturated carbocycles. The first-order valence-corrected chi connectivity index (χ1v) is 6.99. The molecule has 3 nitrogen and oxygen atoms in total. The maximum Gasteiger partial charge on any atom is 0.132 e. The molecule has 0 bridgehead atoms. The number of nitrogens with two attached hydrogens (primary N) is 1. The Morgan fingerprint density at radius 2 is 2.00 bits per heavy atom. The minimum atomic E-state index is 0.310. The van der Waals surface area contributed by atoms with Crippen molar-refractivity contribution in [3.8, 4) is 5.75 Å². The van der Waals surface area contributed by atoms with Gasteiger partial charge in [0.1, 0.15) is 18.2 Å². The molecule has 1 aromatic carbocycles. The van der Waals surface area contributed by atoms with Crippen LogP contribution in [-0.4, -0.2) is 4.98 Å². The van der Waals surface area contributed by atoms with E-state index in [0.717, 1.165) is 5.75 Å². The van der Waals surface area contributed by atoms with Crippen molar-refractivity contribution in [1.29, 1.82) is 0 Å². The molecule has 0 atom stereocenters. The highest BCUT2D eigenvalue weighted by atomic mass is 35.5. The van der Waals surface area contributed by atoms with Crippen molar-refractivity contribution in [3.05, 3.63) is 52.2 Å². The van der Waals surface area contributed by atoms with Gasteiger partial charge in [-0.05, 0) is 48.2 Å². The van der Waals surface area contributed by atoms with Crippen molar-refractivity contribution in [2.45, 2.75) is 33.3 Å². The summed E-state index contributed by atoms with van der Waals surface area (Å²) in [7, 11) is 0. The largest absolute Gasteiger partial charge is 0.487 e. The van der Waals surface area contributed by atoms with Crippen molar-refractivity contribution in [1.82, 2.24) is 4.98 Å². The summed E-state index contributed by atoms with van der Waals surface area (Å²) in [5.41, 5.74) is 8.86. The topological polar surface area (TPSA) is 48.1 Å². The fraction of sp³-hybridized carbons (Fsp3) is 0.312. The Morgan fingerprint density at radius 3 is 2.65 bits per heavy atom. The molecule has 0 radical (unpaired) electrons. The zero-order chi connectivity index (χ0) is 14.7. The number of benzene rings is 1. The quantitative estimate of drug-likeness (QED) is 0.912. The van der Waals surface area contributed by atoms with Gasteiger partial charge in [-0.2, -0.15) is 0 Å². The van der Waals surface area contributed by atoms with Crippen LogP contribution >= 0.6 is 11.6 Å². The number of nitrogen functional groups attached to an aromatic ring is 1. The van der Waals surface area contributed by atoms with Crippen molar-refractivity contribution < 1.29 is 4.74 Å². The third-order valence-corrected chi connectivity index (χ3v) is 3.52. The minimum Gasteiger partial charge on any atom is -0.487 e. The Bertz CT molecular complexity index is 611. The zero-order valence-electron chi connectivity index (χ0n) is 12.0. The first kappa shape index (κ1) is 14.7. The van der Waals surface area contributed by atoms with Gasteiger partial charge in [-0.25, -0.2) is 4.98 Å². The summed E-state index contributed by atoms with van der Waals surface area (Å²) in [5, 5.41) is 0.565. The molecule has 0 amide bonds. The number of rotatable bonds is 4. The molecule has 2 aromatic rings. The van der Waals surface area contributed by atoms with Crippen LogP contribution in [0.3, 0.4) is 0 Å². The second-order valence-electron chi connectivity index (χ2n) is 5.13. The van der Waals surface area contributed by atoms with Crippen LogP contribution in [-0.2, 0) is 6.61 Å². The zero-order valence-corrected chi connectivity index (χ0v) is 12.7. The van der Waals surface area contributed by atoms with Crippen LogP contribution in [0.25, 0.3) is 0 Å². The Labute approximate surface area is 124 Å². The highest BCUT2D eigenvalue weighted by molar-refractivity contribution is 6.31. The molecule has 0 aliphatic carbocycles. The lowest BCUT2D eigenvalue weighted by Gasteiger charge is -2.12. The summed E-state index contributed by atoms with van der Waals surface area (Å²) in [5.74, 6) is 1.76. The summed E-state index contributed by atoms with van der Waals surface area (Å²) in [6.07, 6.45) is 0. The SMILES string of the molecule is Cc1cc(OCc2nc(N)ccc2Cl)ccc1C(C)C. The second-order valence-corrected chi connectivity index (χ2v) is 5.53. The number of nitrogens with zero attached hydrogens (tertiary/aromatic N) is 1. The van der Waals surface area contributed by atoms with Crippen LogP contribution in [0.15, 0.2) is 30.3 Å². The molecule has 20 heavy (non-hydrogen) atoms. The fourth-order valence-corrected chi connectivity index (χ4v) is 2.30. The van der Waals surface area contributed by atoms with E-state index in [9.17, 15) is 0 Å². The normalized spacial score (nSPS) is 10.8. The minimum absolute atomic E-state index is 0.310. The van der Waals surface area contributed by atoms with Gasteiger partial charge in [-0.1, -0.05) is 31.5 Å². The first-order chi connectivity index (χ1) is 9.47. The summed E-state index contributed by atoms with van der Waals surface area (Å²) in [4.78, 5) is 4.18. The van der Waals surface area contributed by atoms with Crippen molar-refractivity contribution in [2.75, 3.05) is 5.73 Å². The fourth-order valence-electron chi connectivity index (χ4n) is 2.14. The van der Waals surface area contributed by atoms with E-state index in [1.54, 1.807) is 12.1 Å². The van der Waals surface area contributed by atoms with Crippen LogP contribution in [0.4, 0.5) is 5.82 Å². The van der Waals surface area contributed by atoms with E-state index in [1.807, 2.05) is 12.1 Å². The predicted molar refractivity (Wildman–Crippen MR) is 83.3 cm³/mol. The van der Waals surface area contributed by atoms with E-state index in [4.69, 9.17) is 22.1 Å². The van der Waals surface area contributed by atoms with E-state index in [-0.39, 0.29) is 0 Å². The second kappa shape index (κ2) is 6.14. The monoisotopic (exact) mass is 290 g/mol. The molecule has 4 heteroatoms. The maximum atomic E-state index is 6.06. The third kappa shape index (κ3) is 3.42. The number of anilines is 1. The smallest absolute Gasteiger partial charge is 0.132 e. The highest BCUT2D eigenvalue weighted by Crippen LogP contribution is 2.24. The molecular weight excluding hydrogens is 272 g/mol. The van der Waals surface area contributed by atoms with Gasteiger partial charge in [0, 0.05) is 0 Å². The molecule has 1 heterocycles. The van der Waals surface area contributed by atoms with Gasteiger partial charge in [0.2, 0.25) is 0 Å². The molecule has 1 aromatic heterocycles. The maximum absolute atomic E-state index is 6.06. The molecule has 106 valence electrons. The van der Waals surface area contributed by atoms with Gasteiger partial charge in [0.05, 0.1) is 10.7 Å². The lowest BCUT2D eigenvalue weighted by atomic mass is 9.98. The molecular formula is C16H19ClN2O. The lowest BCUT2D eigenvalue weighted by molar-refractivity contribution is 0.301. The Balaban J connectivity index is 2.11. The van der Waals surface area contributed by atoms with E-state index in [2.05, 4.69) is 31.8 Å². The van der Waals surface area contributed by atoms with E-state index < -0.39 is 0 Å². The van der Waals surface area contributed by atoms with E-state index in [1.165, 1.54) is 11.1 Å². The number of hydrogen-bond donors (Lipinski definition) is 1. The summed E-state index contributed by atoms with van der Waals surface area (Å²) in [6.45, 7) is 6.76. The van der Waals surface area contributed by atoms with Crippen LogP contribution in [0.2, 0.25) is 5.02 Å². The van der Waals surface area contributed by atoms with Gasteiger partial charge >= 0.3 is 0 Å². The Morgan fingerprint density at radius 1 is 1.25 bits per heavy atom. The van der Waals surface area contributed by atoms with Crippen molar-refractivity contribution >= 4 is 17.4 Å². The number of pyridine rings is 1. The standard InChI is InChI=1S/C16H19ClN2O/c1-10(2)13-5-4-12(8-11(13)3)20-9-15-14(17)6-7-16(18)19-15/h4-8,10H,9H2,1-3H3,(H2,18,19). The van der Waals surface area contributed by atoms with Gasteiger partial charge < -0.3 is 10.5 Å². The summed E-state index contributed by atoms with van der Waals surface area (Å²) in [6, 6.07) is 9.52. The average Bonchev–Trinajstić information content (AvgIpc) is 2.39. The average molecular weight is 291 g/mol. The molecule has 2 N–H and O–H groups in total. The molecule has 0 saturated heterocycles. The van der Waals surface area contributed by atoms with Crippen LogP contribution in [0, 0.1) is 6.92 Å². The Hall–Kier alpha value is -1.74. The summed E-state index contributed by atoms with van der Waals surface area (Å²) >= 11 is 6.06. The number of hydrogen-bond acceptors (Lipinski definition) is 3. The van der Waals surface area contributed by atoms with E-state index >= 15 is 0 Å². The Kier molecular flexibility index (Phi) is 4.50. The lowest BCUT2D eigenvalue weighted by Crippen LogP contribution is -2.02. The van der Waals surface area contributed by atoms with Crippen LogP contribution in [0.5, 0.6) is 5.75 Å². The highest BCUT2D eigenvalue weighted by Gasteiger charge is 2.07. The number of aromatic nitrogens is 1.